The molecule has 0 bridgehead atoms. The Morgan fingerprint density at radius 1 is 1.23 bits per heavy atom. The van der Waals surface area contributed by atoms with Crippen molar-refractivity contribution in [1.29, 1.82) is 0 Å². The molecule has 162 valence electrons. The molecule has 0 fully saturated rings. The van der Waals surface area contributed by atoms with E-state index in [1.54, 1.807) is 6.92 Å². The molecule has 0 N–H and O–H groups in total. The zero-order valence-corrected chi connectivity index (χ0v) is 16.8. The Morgan fingerprint density at radius 3 is 2.74 bits per heavy atom. The van der Waals surface area contributed by atoms with Crippen LogP contribution in [0.2, 0.25) is 0 Å². The minimum absolute atomic E-state index is 0.0506. The number of benzene rings is 2. The molecule has 0 aliphatic carbocycles. The Balaban J connectivity index is 1.71. The van der Waals surface area contributed by atoms with Gasteiger partial charge in [-0.15, -0.1) is 11.3 Å². The molecule has 1 aliphatic rings. The lowest BCUT2D eigenvalue weighted by Crippen LogP contribution is -2.46. The Morgan fingerprint density at radius 2 is 2.00 bits per heavy atom. The first-order valence-corrected chi connectivity index (χ1v) is 9.96. The molecule has 11 heteroatoms. The number of carbonyl (C=O) groups is 2. The normalized spacial score (nSPS) is 15.7. The third kappa shape index (κ3) is 3.80. The predicted octanol–water partition coefficient (Wildman–Crippen LogP) is 4.10. The number of halogens is 4. The summed E-state index contributed by atoms with van der Waals surface area (Å²) in [6, 6.07) is 4.75. The highest BCUT2D eigenvalue weighted by molar-refractivity contribution is 7.18. The molecule has 31 heavy (non-hydrogen) atoms. The monoisotopic (exact) mass is 454 g/mol. The maximum absolute atomic E-state index is 14.4. The number of para-hydroxylation sites is 1. The van der Waals surface area contributed by atoms with Gasteiger partial charge in [0, 0.05) is 0 Å². The molecule has 1 amide bonds. The van der Waals surface area contributed by atoms with E-state index < -0.39 is 47.7 Å². The maximum atomic E-state index is 14.4. The number of amides is 1. The third-order valence-electron chi connectivity index (χ3n) is 4.56. The lowest BCUT2D eigenvalue weighted by atomic mass is 10.1. The van der Waals surface area contributed by atoms with Gasteiger partial charge in [0.05, 0.1) is 30.0 Å². The summed E-state index contributed by atoms with van der Waals surface area (Å²) in [6.07, 6.45) is -1.79. The highest BCUT2D eigenvalue weighted by Crippen LogP contribution is 2.39. The van der Waals surface area contributed by atoms with Gasteiger partial charge >= 0.3 is 5.97 Å². The van der Waals surface area contributed by atoms with Gasteiger partial charge in [0.2, 0.25) is 0 Å². The number of anilines is 1. The molecule has 2 aromatic carbocycles. The van der Waals surface area contributed by atoms with Crippen LogP contribution in [0.1, 0.15) is 18.4 Å². The lowest BCUT2D eigenvalue weighted by molar-refractivity contribution is -0.147. The van der Waals surface area contributed by atoms with Crippen molar-refractivity contribution in [3.8, 4) is 5.75 Å². The molecule has 1 atom stereocenters. The first-order valence-electron chi connectivity index (χ1n) is 9.15. The summed E-state index contributed by atoms with van der Waals surface area (Å²) in [4.78, 5) is 29.9. The van der Waals surface area contributed by atoms with Crippen LogP contribution in [0.5, 0.6) is 5.75 Å². The molecule has 3 aromatic rings. The zero-order valence-electron chi connectivity index (χ0n) is 16.0. The highest BCUT2D eigenvalue weighted by Gasteiger charge is 2.38. The van der Waals surface area contributed by atoms with Crippen LogP contribution in [0.3, 0.4) is 0 Å². The average Bonchev–Trinajstić information content (AvgIpc) is 3.13. The van der Waals surface area contributed by atoms with Crippen LogP contribution in [-0.4, -0.2) is 29.6 Å². The number of thiazole rings is 1. The van der Waals surface area contributed by atoms with Gasteiger partial charge in [-0.2, -0.15) is 0 Å². The van der Waals surface area contributed by atoms with Crippen molar-refractivity contribution in [2.75, 3.05) is 11.5 Å². The molecule has 1 aliphatic heterocycles. The van der Waals surface area contributed by atoms with Gasteiger partial charge in [0.1, 0.15) is 10.5 Å². The van der Waals surface area contributed by atoms with Crippen LogP contribution < -0.4 is 9.64 Å². The number of fused-ring (bicyclic) bond motifs is 2. The average molecular weight is 454 g/mol. The van der Waals surface area contributed by atoms with E-state index in [2.05, 4.69) is 4.98 Å². The van der Waals surface area contributed by atoms with E-state index in [9.17, 15) is 27.2 Å². The summed E-state index contributed by atoms with van der Waals surface area (Å²) in [5.74, 6) is -6.78. The van der Waals surface area contributed by atoms with Crippen molar-refractivity contribution in [1.82, 2.24) is 4.98 Å². The molecular formula is C20H14F4N2O4S. The molecule has 4 rings (SSSR count). The molecule has 0 saturated heterocycles. The topological polar surface area (TPSA) is 68.7 Å². The molecule has 0 spiro atoms. The maximum Gasteiger partial charge on any atom is 0.310 e. The van der Waals surface area contributed by atoms with Crippen LogP contribution in [0.4, 0.5) is 23.2 Å². The summed E-state index contributed by atoms with van der Waals surface area (Å²) in [5, 5.41) is 0.152. The number of aromatic nitrogens is 1. The first kappa shape index (κ1) is 21.0. The molecule has 1 aromatic heterocycles. The van der Waals surface area contributed by atoms with Crippen LogP contribution in [0.25, 0.3) is 10.2 Å². The van der Waals surface area contributed by atoms with Gasteiger partial charge in [0.25, 0.3) is 5.91 Å². The second kappa shape index (κ2) is 8.14. The van der Waals surface area contributed by atoms with Crippen LogP contribution >= 0.6 is 11.3 Å². The standard InChI is InChI=1S/C20H14F4N2O4S/c1-2-29-15(27)7-12-20(28)26(11-5-3-4-9(21)19(11)30-12)8-14-25-18-13(31-14)6-10(22)16(23)17(18)24/h3-6,12H,2,7-8H2,1H3. The minimum Gasteiger partial charge on any atom is -0.475 e. The Bertz CT molecular complexity index is 1200. The number of carbonyl (C=O) groups excluding carboxylic acids is 2. The van der Waals surface area contributed by atoms with Crippen molar-refractivity contribution < 1.29 is 36.6 Å². The molecule has 6 nitrogen and oxygen atoms in total. The van der Waals surface area contributed by atoms with Crippen molar-refractivity contribution in [2.24, 2.45) is 0 Å². The molecular weight excluding hydrogens is 440 g/mol. The van der Waals surface area contributed by atoms with Crippen molar-refractivity contribution in [3.63, 3.8) is 0 Å². The van der Waals surface area contributed by atoms with Gasteiger partial charge in [-0.3, -0.25) is 14.5 Å². The van der Waals surface area contributed by atoms with Gasteiger partial charge in [-0.1, -0.05) is 6.07 Å². The number of esters is 1. The SMILES string of the molecule is CCOC(=O)CC1Oc2c(F)cccc2N(Cc2nc3c(F)c(F)c(F)cc3s2)C1=O. The summed E-state index contributed by atoms with van der Waals surface area (Å²) in [7, 11) is 0. The van der Waals surface area contributed by atoms with E-state index in [-0.39, 0.29) is 39.8 Å². The molecule has 1 unspecified atom stereocenters. The van der Waals surface area contributed by atoms with E-state index in [1.165, 1.54) is 12.1 Å². The van der Waals surface area contributed by atoms with Gasteiger partial charge in [-0.25, -0.2) is 22.5 Å². The van der Waals surface area contributed by atoms with E-state index in [0.29, 0.717) is 0 Å². The van der Waals surface area contributed by atoms with E-state index in [1.807, 2.05) is 0 Å². The minimum atomic E-state index is -1.64. The highest BCUT2D eigenvalue weighted by atomic mass is 32.1. The Labute approximate surface area is 177 Å². The summed E-state index contributed by atoms with van der Waals surface area (Å²) < 4.78 is 65.7. The van der Waals surface area contributed by atoms with Crippen molar-refractivity contribution in [3.05, 3.63) is 52.5 Å². The Kier molecular flexibility index (Phi) is 5.52. The largest absolute Gasteiger partial charge is 0.475 e. The fourth-order valence-electron chi connectivity index (χ4n) is 3.20. The summed E-state index contributed by atoms with van der Waals surface area (Å²) in [5.41, 5.74) is -0.288. The number of ether oxygens (including phenoxy) is 2. The zero-order chi connectivity index (χ0) is 22.3. The molecule has 2 heterocycles. The second-order valence-electron chi connectivity index (χ2n) is 6.57. The van der Waals surface area contributed by atoms with Crippen LogP contribution in [0.15, 0.2) is 24.3 Å². The smallest absolute Gasteiger partial charge is 0.310 e. The van der Waals surface area contributed by atoms with Crippen LogP contribution in [-0.2, 0) is 20.9 Å². The van der Waals surface area contributed by atoms with Gasteiger partial charge < -0.3 is 9.47 Å². The van der Waals surface area contributed by atoms with E-state index >= 15 is 0 Å². The first-order chi connectivity index (χ1) is 14.8. The summed E-state index contributed by atoms with van der Waals surface area (Å²) in [6.45, 7) is 1.44. The molecule has 0 radical (unpaired) electrons. The number of rotatable bonds is 5. The Hall–Kier alpha value is -3.21. The second-order valence-corrected chi connectivity index (χ2v) is 7.68. The van der Waals surface area contributed by atoms with Crippen molar-refractivity contribution >= 4 is 39.1 Å². The van der Waals surface area contributed by atoms with Gasteiger partial charge in [0.15, 0.2) is 35.1 Å². The van der Waals surface area contributed by atoms with Crippen molar-refractivity contribution in [2.45, 2.75) is 26.0 Å². The number of nitrogens with zero attached hydrogens (tertiary/aromatic N) is 2. The summed E-state index contributed by atoms with van der Waals surface area (Å²) >= 11 is 0.854. The fraction of sp³-hybridized carbons (Fsp3) is 0.250. The van der Waals surface area contributed by atoms with Gasteiger partial charge in [-0.05, 0) is 25.1 Å². The number of hydrogen-bond acceptors (Lipinski definition) is 6. The fourth-order valence-corrected chi connectivity index (χ4v) is 4.18. The van der Waals surface area contributed by atoms with E-state index in [4.69, 9.17) is 9.47 Å². The van der Waals surface area contributed by atoms with E-state index in [0.717, 1.165) is 28.4 Å². The quantitative estimate of drug-likeness (QED) is 0.330. The lowest BCUT2D eigenvalue weighted by Gasteiger charge is -2.33. The van der Waals surface area contributed by atoms with Crippen LogP contribution in [0, 0.1) is 23.3 Å². The molecule has 0 saturated carbocycles. The third-order valence-corrected chi connectivity index (χ3v) is 5.54. The number of hydrogen-bond donors (Lipinski definition) is 0. The predicted molar refractivity (Wildman–Crippen MR) is 103 cm³/mol.